The Morgan fingerprint density at radius 3 is 2.56 bits per heavy atom. The van der Waals surface area contributed by atoms with E-state index in [1.807, 2.05) is 13.8 Å². The number of carboxylic acids is 1. The zero-order valence-electron chi connectivity index (χ0n) is 9.39. The third-order valence-electron chi connectivity index (χ3n) is 1.46. The molecule has 1 atom stereocenters. The van der Waals surface area contributed by atoms with Crippen LogP contribution >= 0.6 is 21.6 Å². The maximum Gasteiger partial charge on any atom is 0.407 e. The van der Waals surface area contributed by atoms with Crippen molar-refractivity contribution >= 4 is 33.7 Å². The molecule has 2 N–H and O–H groups in total. The van der Waals surface area contributed by atoms with Crippen molar-refractivity contribution in [1.82, 2.24) is 5.32 Å². The van der Waals surface area contributed by atoms with E-state index in [-0.39, 0.29) is 0 Å². The van der Waals surface area contributed by atoms with Gasteiger partial charge in [-0.05, 0) is 6.42 Å². The number of amides is 1. The van der Waals surface area contributed by atoms with Crippen LogP contribution in [0.5, 0.6) is 0 Å². The molecule has 0 saturated heterocycles. The SMILES string of the molecule is CCCOC(=O)N[C@@H](CSSCC)C(=O)O. The largest absolute Gasteiger partial charge is 0.480 e. The zero-order valence-corrected chi connectivity index (χ0v) is 11.0. The number of hydrogen-bond acceptors (Lipinski definition) is 5. The molecule has 7 heteroatoms. The van der Waals surface area contributed by atoms with E-state index in [1.54, 1.807) is 10.8 Å². The summed E-state index contributed by atoms with van der Waals surface area (Å²) < 4.78 is 4.75. The molecule has 0 bridgehead atoms. The molecule has 0 rings (SSSR count). The summed E-state index contributed by atoms with van der Waals surface area (Å²) in [5.74, 6) is 0.185. The van der Waals surface area contributed by atoms with E-state index in [4.69, 9.17) is 9.84 Å². The van der Waals surface area contributed by atoms with Crippen molar-refractivity contribution in [2.45, 2.75) is 26.3 Å². The fourth-order valence-electron chi connectivity index (χ4n) is 0.753. The van der Waals surface area contributed by atoms with Crippen LogP contribution in [-0.2, 0) is 9.53 Å². The van der Waals surface area contributed by atoms with Crippen LogP contribution < -0.4 is 5.32 Å². The minimum absolute atomic E-state index is 0.301. The molecule has 5 nitrogen and oxygen atoms in total. The molecule has 0 radical (unpaired) electrons. The summed E-state index contributed by atoms with van der Waals surface area (Å²) in [6.07, 6.45) is 0.0438. The predicted octanol–water partition coefficient (Wildman–Crippen LogP) is 1.98. The summed E-state index contributed by atoms with van der Waals surface area (Å²) in [5, 5.41) is 11.2. The van der Waals surface area contributed by atoms with E-state index >= 15 is 0 Å². The van der Waals surface area contributed by atoms with Gasteiger partial charge in [0.1, 0.15) is 6.04 Å². The average Bonchev–Trinajstić information content (AvgIpc) is 2.25. The van der Waals surface area contributed by atoms with Gasteiger partial charge in [-0.2, -0.15) is 0 Å². The highest BCUT2D eigenvalue weighted by atomic mass is 33.1. The molecule has 0 spiro atoms. The lowest BCUT2D eigenvalue weighted by atomic mass is 10.3. The molecule has 94 valence electrons. The van der Waals surface area contributed by atoms with Crippen LogP contribution in [0.15, 0.2) is 0 Å². The Balaban J connectivity index is 3.92. The summed E-state index contributed by atoms with van der Waals surface area (Å²) in [5.41, 5.74) is 0. The van der Waals surface area contributed by atoms with Crippen molar-refractivity contribution in [3.63, 3.8) is 0 Å². The normalized spacial score (nSPS) is 11.9. The van der Waals surface area contributed by atoms with Crippen molar-refractivity contribution in [2.24, 2.45) is 0 Å². The first kappa shape index (κ1) is 15.4. The Morgan fingerprint density at radius 1 is 1.38 bits per heavy atom. The van der Waals surface area contributed by atoms with E-state index in [1.165, 1.54) is 10.8 Å². The number of ether oxygens (including phenoxy) is 1. The molecule has 0 aliphatic rings. The first-order valence-electron chi connectivity index (χ1n) is 5.02. The van der Waals surface area contributed by atoms with Crippen molar-refractivity contribution in [2.75, 3.05) is 18.1 Å². The second kappa shape index (κ2) is 9.65. The van der Waals surface area contributed by atoms with Gasteiger partial charge >= 0.3 is 12.1 Å². The van der Waals surface area contributed by atoms with E-state index < -0.39 is 18.1 Å². The summed E-state index contributed by atoms with van der Waals surface area (Å²) in [7, 11) is 2.98. The smallest absolute Gasteiger partial charge is 0.407 e. The predicted molar refractivity (Wildman–Crippen MR) is 66.8 cm³/mol. The molecule has 1 amide bonds. The van der Waals surface area contributed by atoms with Crippen LogP contribution in [0.3, 0.4) is 0 Å². The quantitative estimate of drug-likeness (QED) is 0.517. The number of carbonyl (C=O) groups excluding carboxylic acids is 1. The zero-order chi connectivity index (χ0) is 12.4. The van der Waals surface area contributed by atoms with Crippen molar-refractivity contribution < 1.29 is 19.4 Å². The molecular weight excluding hydrogens is 250 g/mol. The van der Waals surface area contributed by atoms with E-state index in [0.717, 1.165) is 5.75 Å². The lowest BCUT2D eigenvalue weighted by Gasteiger charge is -2.13. The van der Waals surface area contributed by atoms with Crippen LogP contribution in [0.2, 0.25) is 0 Å². The molecule has 0 aliphatic carbocycles. The Morgan fingerprint density at radius 2 is 2.06 bits per heavy atom. The number of carboxylic acid groups (broad SMARTS) is 1. The van der Waals surface area contributed by atoms with Gasteiger partial charge in [-0.3, -0.25) is 0 Å². The van der Waals surface area contributed by atoms with Gasteiger partial charge < -0.3 is 15.2 Å². The third kappa shape index (κ3) is 7.70. The highest BCUT2D eigenvalue weighted by molar-refractivity contribution is 8.76. The molecule has 0 aromatic rings. The Kier molecular flexibility index (Phi) is 9.31. The third-order valence-corrected chi connectivity index (χ3v) is 3.95. The lowest BCUT2D eigenvalue weighted by molar-refractivity contribution is -0.138. The van der Waals surface area contributed by atoms with Crippen molar-refractivity contribution in [3.05, 3.63) is 0 Å². The van der Waals surface area contributed by atoms with Crippen LogP contribution in [-0.4, -0.2) is 41.3 Å². The fraction of sp³-hybridized carbons (Fsp3) is 0.778. The highest BCUT2D eigenvalue weighted by Crippen LogP contribution is 2.21. The summed E-state index contributed by atoms with van der Waals surface area (Å²) >= 11 is 0. The summed E-state index contributed by atoms with van der Waals surface area (Å²) in [4.78, 5) is 21.9. The topological polar surface area (TPSA) is 75.6 Å². The number of aliphatic carboxylic acids is 1. The van der Waals surface area contributed by atoms with Gasteiger partial charge in [0.2, 0.25) is 0 Å². The maximum atomic E-state index is 11.1. The molecule has 0 fully saturated rings. The molecule has 0 unspecified atom stereocenters. The standard InChI is InChI=1S/C9H17NO4S2/c1-3-5-14-9(13)10-7(8(11)12)6-16-15-4-2/h7H,3-6H2,1-2H3,(H,10,13)(H,11,12)/t7-/m0/s1. The summed E-state index contributed by atoms with van der Waals surface area (Å²) in [6.45, 7) is 4.15. The number of hydrogen-bond donors (Lipinski definition) is 2. The molecule has 0 aliphatic heterocycles. The number of alkyl carbamates (subject to hydrolysis) is 1. The maximum absolute atomic E-state index is 11.1. The van der Waals surface area contributed by atoms with Crippen molar-refractivity contribution in [3.8, 4) is 0 Å². The van der Waals surface area contributed by atoms with Gasteiger partial charge in [-0.1, -0.05) is 35.4 Å². The molecular formula is C9H17NO4S2. The van der Waals surface area contributed by atoms with Crippen LogP contribution in [0.1, 0.15) is 20.3 Å². The van der Waals surface area contributed by atoms with Crippen LogP contribution in [0.4, 0.5) is 4.79 Å². The van der Waals surface area contributed by atoms with Gasteiger partial charge in [0.05, 0.1) is 6.61 Å². The van der Waals surface area contributed by atoms with Gasteiger partial charge in [0.15, 0.2) is 0 Å². The first-order chi connectivity index (χ1) is 7.61. The Labute approximate surface area is 103 Å². The van der Waals surface area contributed by atoms with Gasteiger partial charge in [0.25, 0.3) is 0 Å². The average molecular weight is 267 g/mol. The molecule has 0 saturated carbocycles. The number of carbonyl (C=O) groups is 2. The van der Waals surface area contributed by atoms with Gasteiger partial charge in [-0.25, -0.2) is 9.59 Å². The first-order valence-corrected chi connectivity index (χ1v) is 7.51. The Bertz CT molecular complexity index is 226. The van der Waals surface area contributed by atoms with Crippen LogP contribution in [0.25, 0.3) is 0 Å². The second-order valence-corrected chi connectivity index (χ2v) is 5.66. The number of nitrogens with one attached hydrogen (secondary N) is 1. The molecule has 16 heavy (non-hydrogen) atoms. The van der Waals surface area contributed by atoms with Gasteiger partial charge in [0, 0.05) is 11.5 Å². The van der Waals surface area contributed by atoms with Gasteiger partial charge in [-0.15, -0.1) is 0 Å². The summed E-state index contributed by atoms with van der Waals surface area (Å²) in [6, 6.07) is -0.895. The molecule has 0 heterocycles. The fourth-order valence-corrected chi connectivity index (χ4v) is 2.57. The minimum Gasteiger partial charge on any atom is -0.480 e. The number of rotatable bonds is 8. The monoisotopic (exact) mass is 267 g/mol. The molecule has 0 aromatic heterocycles. The van der Waals surface area contributed by atoms with Crippen molar-refractivity contribution in [1.29, 1.82) is 0 Å². The Hall–Kier alpha value is -0.560. The highest BCUT2D eigenvalue weighted by Gasteiger charge is 2.20. The van der Waals surface area contributed by atoms with E-state index in [0.29, 0.717) is 18.8 Å². The second-order valence-electron chi connectivity index (χ2n) is 2.86. The van der Waals surface area contributed by atoms with E-state index in [2.05, 4.69) is 5.32 Å². The van der Waals surface area contributed by atoms with Crippen LogP contribution in [0, 0.1) is 0 Å². The minimum atomic E-state index is -1.04. The molecule has 0 aromatic carbocycles. The lowest BCUT2D eigenvalue weighted by Crippen LogP contribution is -2.42. The van der Waals surface area contributed by atoms with E-state index in [9.17, 15) is 9.59 Å².